The number of esters is 1. The van der Waals surface area contributed by atoms with Crippen LogP contribution in [0.3, 0.4) is 0 Å². The number of ether oxygens (including phenoxy) is 1. The zero-order valence-electron chi connectivity index (χ0n) is 16.5. The minimum Gasteiger partial charge on any atom is -0.457 e. The normalized spacial score (nSPS) is 10.6. The van der Waals surface area contributed by atoms with Gasteiger partial charge in [0.05, 0.1) is 6.61 Å². The second kappa shape index (κ2) is 8.84. The van der Waals surface area contributed by atoms with Crippen LogP contribution in [0.4, 0.5) is 4.39 Å². The number of aliphatic hydroxyl groups excluding tert-OH is 1. The maximum atomic E-state index is 14.9. The SMILES string of the molecule is C=C(C)C(=O)OCc1cc(-c2ccc(-c3ccc(C)cc3)cc2F)ccc1CO. The largest absolute Gasteiger partial charge is 0.457 e. The van der Waals surface area contributed by atoms with Crippen molar-refractivity contribution in [1.29, 1.82) is 0 Å². The average molecular weight is 390 g/mol. The van der Waals surface area contributed by atoms with Crippen LogP contribution in [-0.2, 0) is 22.7 Å². The molecule has 3 aromatic carbocycles. The molecule has 0 unspecified atom stereocenters. The van der Waals surface area contributed by atoms with Crippen LogP contribution in [0.5, 0.6) is 0 Å². The van der Waals surface area contributed by atoms with Gasteiger partial charge in [0.25, 0.3) is 0 Å². The monoisotopic (exact) mass is 390 g/mol. The predicted molar refractivity (Wildman–Crippen MR) is 113 cm³/mol. The van der Waals surface area contributed by atoms with Crippen LogP contribution in [0, 0.1) is 12.7 Å². The van der Waals surface area contributed by atoms with Gasteiger partial charge in [-0.25, -0.2) is 9.18 Å². The molecule has 0 atom stereocenters. The van der Waals surface area contributed by atoms with Crippen molar-refractivity contribution in [2.75, 3.05) is 0 Å². The van der Waals surface area contributed by atoms with Gasteiger partial charge in [0.15, 0.2) is 0 Å². The van der Waals surface area contributed by atoms with Gasteiger partial charge in [0.1, 0.15) is 12.4 Å². The molecular weight excluding hydrogens is 367 g/mol. The first-order valence-corrected chi connectivity index (χ1v) is 9.31. The fraction of sp³-hybridized carbons (Fsp3) is 0.160. The Morgan fingerprint density at radius 2 is 1.62 bits per heavy atom. The Kier molecular flexibility index (Phi) is 6.25. The summed E-state index contributed by atoms with van der Waals surface area (Å²) in [6, 6.07) is 18.3. The van der Waals surface area contributed by atoms with Gasteiger partial charge in [-0.2, -0.15) is 0 Å². The molecule has 0 bridgehead atoms. The van der Waals surface area contributed by atoms with Crippen molar-refractivity contribution >= 4 is 5.97 Å². The number of halogens is 1. The molecule has 0 fully saturated rings. The summed E-state index contributed by atoms with van der Waals surface area (Å²) in [5.41, 5.74) is 5.54. The van der Waals surface area contributed by atoms with E-state index in [0.29, 0.717) is 27.8 Å². The molecule has 148 valence electrons. The zero-order valence-corrected chi connectivity index (χ0v) is 16.5. The van der Waals surface area contributed by atoms with E-state index < -0.39 is 5.97 Å². The maximum absolute atomic E-state index is 14.9. The lowest BCUT2D eigenvalue weighted by atomic mass is 9.96. The van der Waals surface area contributed by atoms with E-state index in [1.54, 1.807) is 31.2 Å². The molecule has 0 aromatic heterocycles. The van der Waals surface area contributed by atoms with Gasteiger partial charge in [0, 0.05) is 11.1 Å². The lowest BCUT2D eigenvalue weighted by Crippen LogP contribution is -2.06. The van der Waals surface area contributed by atoms with Crippen molar-refractivity contribution in [3.05, 3.63) is 95.3 Å². The maximum Gasteiger partial charge on any atom is 0.333 e. The van der Waals surface area contributed by atoms with Gasteiger partial charge < -0.3 is 9.84 Å². The first-order valence-electron chi connectivity index (χ1n) is 9.31. The van der Waals surface area contributed by atoms with Crippen LogP contribution in [0.1, 0.15) is 23.6 Å². The summed E-state index contributed by atoms with van der Waals surface area (Å²) in [4.78, 5) is 11.7. The fourth-order valence-corrected chi connectivity index (χ4v) is 3.02. The number of aliphatic hydroxyl groups is 1. The molecule has 0 aliphatic heterocycles. The van der Waals surface area contributed by atoms with Crippen LogP contribution in [0.15, 0.2) is 72.8 Å². The zero-order chi connectivity index (χ0) is 21.0. The third kappa shape index (κ3) is 4.79. The van der Waals surface area contributed by atoms with Crippen molar-refractivity contribution in [1.82, 2.24) is 0 Å². The lowest BCUT2D eigenvalue weighted by molar-refractivity contribution is -0.140. The van der Waals surface area contributed by atoms with E-state index in [9.17, 15) is 14.3 Å². The molecule has 0 aliphatic rings. The molecular formula is C25H23FO3. The van der Waals surface area contributed by atoms with Gasteiger partial charge in [-0.1, -0.05) is 60.7 Å². The van der Waals surface area contributed by atoms with Crippen LogP contribution in [0.2, 0.25) is 0 Å². The summed E-state index contributed by atoms with van der Waals surface area (Å²) >= 11 is 0. The van der Waals surface area contributed by atoms with E-state index in [-0.39, 0.29) is 19.0 Å². The third-order valence-corrected chi connectivity index (χ3v) is 4.75. The van der Waals surface area contributed by atoms with Gasteiger partial charge in [-0.05, 0) is 53.8 Å². The minimum atomic E-state index is -0.507. The van der Waals surface area contributed by atoms with Crippen molar-refractivity contribution < 1.29 is 19.0 Å². The molecule has 0 spiro atoms. The van der Waals surface area contributed by atoms with Crippen LogP contribution in [-0.4, -0.2) is 11.1 Å². The number of hydrogen-bond acceptors (Lipinski definition) is 3. The van der Waals surface area contributed by atoms with E-state index in [1.165, 1.54) is 6.07 Å². The second-order valence-corrected chi connectivity index (χ2v) is 7.06. The molecule has 3 rings (SSSR count). The van der Waals surface area contributed by atoms with Crippen molar-refractivity contribution in [2.45, 2.75) is 27.1 Å². The molecule has 0 aliphatic carbocycles. The number of hydrogen-bond donors (Lipinski definition) is 1. The van der Waals surface area contributed by atoms with Gasteiger partial charge in [-0.3, -0.25) is 0 Å². The molecule has 3 aromatic rings. The highest BCUT2D eigenvalue weighted by Crippen LogP contribution is 2.30. The number of rotatable bonds is 6. The lowest BCUT2D eigenvalue weighted by Gasteiger charge is -2.12. The van der Waals surface area contributed by atoms with Gasteiger partial charge >= 0.3 is 5.97 Å². The Morgan fingerprint density at radius 3 is 2.24 bits per heavy atom. The smallest absolute Gasteiger partial charge is 0.333 e. The standard InChI is InChI=1S/C25H23FO3/c1-16(2)25(28)29-15-22-12-20(8-9-21(22)14-27)23-11-10-19(13-24(23)26)18-6-4-17(3)5-7-18/h4-13,27H,1,14-15H2,2-3H3. The predicted octanol–water partition coefficient (Wildman–Crippen LogP) is 5.58. The molecule has 4 heteroatoms. The molecule has 0 heterocycles. The van der Waals surface area contributed by atoms with Crippen LogP contribution < -0.4 is 0 Å². The third-order valence-electron chi connectivity index (χ3n) is 4.75. The van der Waals surface area contributed by atoms with Crippen LogP contribution in [0.25, 0.3) is 22.3 Å². The minimum absolute atomic E-state index is 0.0154. The summed E-state index contributed by atoms with van der Waals surface area (Å²) in [6.45, 7) is 6.91. The highest BCUT2D eigenvalue weighted by molar-refractivity contribution is 5.87. The Bertz CT molecular complexity index is 1050. The number of carbonyl (C=O) groups is 1. The topological polar surface area (TPSA) is 46.5 Å². The van der Waals surface area contributed by atoms with Gasteiger partial charge in [0.2, 0.25) is 0 Å². The molecule has 0 amide bonds. The summed E-state index contributed by atoms with van der Waals surface area (Å²) in [5.74, 6) is -0.849. The summed E-state index contributed by atoms with van der Waals surface area (Å²) in [5, 5.41) is 9.56. The number of aryl methyl sites for hydroxylation is 1. The Balaban J connectivity index is 1.91. The quantitative estimate of drug-likeness (QED) is 0.441. The molecule has 0 saturated carbocycles. The van der Waals surface area contributed by atoms with E-state index in [4.69, 9.17) is 4.74 Å². The molecule has 0 saturated heterocycles. The van der Waals surface area contributed by atoms with E-state index >= 15 is 0 Å². The van der Waals surface area contributed by atoms with E-state index in [2.05, 4.69) is 6.58 Å². The van der Waals surface area contributed by atoms with Gasteiger partial charge in [-0.15, -0.1) is 0 Å². The van der Waals surface area contributed by atoms with Crippen LogP contribution >= 0.6 is 0 Å². The summed E-state index contributed by atoms with van der Waals surface area (Å²) in [6.07, 6.45) is 0. The highest BCUT2D eigenvalue weighted by atomic mass is 19.1. The first-order chi connectivity index (χ1) is 13.9. The Morgan fingerprint density at radius 1 is 0.966 bits per heavy atom. The number of carbonyl (C=O) groups excluding carboxylic acids is 1. The number of benzene rings is 3. The fourth-order valence-electron chi connectivity index (χ4n) is 3.02. The average Bonchev–Trinajstić information content (AvgIpc) is 2.72. The van der Waals surface area contributed by atoms with E-state index in [0.717, 1.165) is 16.7 Å². The van der Waals surface area contributed by atoms with Crippen molar-refractivity contribution in [2.24, 2.45) is 0 Å². The summed E-state index contributed by atoms with van der Waals surface area (Å²) in [7, 11) is 0. The molecule has 1 N–H and O–H groups in total. The van der Waals surface area contributed by atoms with Crippen molar-refractivity contribution in [3.63, 3.8) is 0 Å². The van der Waals surface area contributed by atoms with E-state index in [1.807, 2.05) is 37.3 Å². The summed E-state index contributed by atoms with van der Waals surface area (Å²) < 4.78 is 20.1. The molecule has 0 radical (unpaired) electrons. The van der Waals surface area contributed by atoms with Crippen molar-refractivity contribution in [3.8, 4) is 22.3 Å². The Labute approximate surface area is 170 Å². The highest BCUT2D eigenvalue weighted by Gasteiger charge is 2.12. The first kappa shape index (κ1) is 20.5. The Hall–Kier alpha value is -3.24. The second-order valence-electron chi connectivity index (χ2n) is 7.06. The molecule has 3 nitrogen and oxygen atoms in total. The molecule has 29 heavy (non-hydrogen) atoms.